The van der Waals surface area contributed by atoms with Crippen molar-refractivity contribution in [2.75, 3.05) is 13.1 Å². The molecule has 156 valence electrons. The van der Waals surface area contributed by atoms with E-state index in [0.717, 1.165) is 53.0 Å². The highest BCUT2D eigenvalue weighted by atomic mass is 32.2. The lowest BCUT2D eigenvalue weighted by Crippen LogP contribution is -2.31. The number of carbonyl (C=O) groups excluding carboxylic acids is 1. The lowest BCUT2D eigenvalue weighted by atomic mass is 10.1. The largest absolute Gasteiger partial charge is 0.341 e. The van der Waals surface area contributed by atoms with Crippen molar-refractivity contribution in [1.82, 2.24) is 19.7 Å². The lowest BCUT2D eigenvalue weighted by molar-refractivity contribution is -0.129. The van der Waals surface area contributed by atoms with E-state index in [1.54, 1.807) is 11.3 Å². The molecule has 0 bridgehead atoms. The first kappa shape index (κ1) is 20.0. The van der Waals surface area contributed by atoms with Crippen LogP contribution in [0.2, 0.25) is 0 Å². The number of thiophene rings is 1. The first-order chi connectivity index (χ1) is 15.3. The van der Waals surface area contributed by atoms with Crippen LogP contribution in [0, 0.1) is 0 Å². The number of nitrogens with zero attached hydrogens (tertiary/aromatic N) is 4. The Kier molecular flexibility index (Phi) is 5.86. The van der Waals surface area contributed by atoms with Gasteiger partial charge in [-0.3, -0.25) is 9.36 Å². The fraction of sp³-hybridized carbons (Fsp3) is 0.208. The van der Waals surface area contributed by atoms with Gasteiger partial charge in [-0.25, -0.2) is 0 Å². The van der Waals surface area contributed by atoms with E-state index >= 15 is 0 Å². The van der Waals surface area contributed by atoms with Crippen molar-refractivity contribution in [3.05, 3.63) is 83.7 Å². The molecule has 3 heterocycles. The number of hydrogen-bond acceptors (Lipinski definition) is 5. The number of aromatic nitrogens is 3. The summed E-state index contributed by atoms with van der Waals surface area (Å²) in [6.45, 7) is 1.66. The molecule has 1 aliphatic heterocycles. The first-order valence-electron chi connectivity index (χ1n) is 10.4. The highest BCUT2D eigenvalue weighted by Gasteiger charge is 2.31. The Bertz CT molecular complexity index is 1140. The maximum Gasteiger partial charge on any atom is 0.240 e. The van der Waals surface area contributed by atoms with E-state index in [-0.39, 0.29) is 11.2 Å². The highest BCUT2D eigenvalue weighted by molar-refractivity contribution is 8.00. The average Bonchev–Trinajstić information content (AvgIpc) is 3.60. The molecule has 1 atom stereocenters. The summed E-state index contributed by atoms with van der Waals surface area (Å²) in [5.41, 5.74) is 1.98. The second kappa shape index (κ2) is 9.08. The van der Waals surface area contributed by atoms with Crippen LogP contribution < -0.4 is 0 Å². The fourth-order valence-electron chi connectivity index (χ4n) is 3.82. The number of hydrogen-bond donors (Lipinski definition) is 0. The molecule has 1 fully saturated rings. The highest BCUT2D eigenvalue weighted by Crippen LogP contribution is 2.39. The number of likely N-dealkylation sites (tertiary alicyclic amines) is 1. The summed E-state index contributed by atoms with van der Waals surface area (Å²) in [4.78, 5) is 16.5. The smallest absolute Gasteiger partial charge is 0.240 e. The van der Waals surface area contributed by atoms with Crippen molar-refractivity contribution < 1.29 is 4.79 Å². The van der Waals surface area contributed by atoms with Crippen LogP contribution in [-0.2, 0) is 4.79 Å². The van der Waals surface area contributed by atoms with Gasteiger partial charge in [0.05, 0.1) is 4.88 Å². The first-order valence-corrected chi connectivity index (χ1v) is 12.1. The Labute approximate surface area is 189 Å². The number of benzene rings is 2. The van der Waals surface area contributed by atoms with E-state index in [1.807, 2.05) is 83.1 Å². The summed E-state index contributed by atoms with van der Waals surface area (Å²) >= 11 is 3.11. The van der Waals surface area contributed by atoms with Crippen molar-refractivity contribution in [2.45, 2.75) is 23.2 Å². The minimum atomic E-state index is -0.359. The third-order valence-electron chi connectivity index (χ3n) is 5.36. The van der Waals surface area contributed by atoms with Crippen LogP contribution in [0.25, 0.3) is 16.4 Å². The molecule has 4 aromatic rings. The van der Waals surface area contributed by atoms with Crippen LogP contribution in [0.1, 0.15) is 23.7 Å². The summed E-state index contributed by atoms with van der Waals surface area (Å²) < 4.78 is 2.06. The Hall–Kier alpha value is -2.90. The fourth-order valence-corrected chi connectivity index (χ4v) is 5.66. The van der Waals surface area contributed by atoms with Gasteiger partial charge in [0.15, 0.2) is 11.0 Å². The molecule has 0 aliphatic carbocycles. The molecule has 2 aromatic carbocycles. The molecule has 0 N–H and O–H groups in total. The maximum atomic E-state index is 13.5. The summed E-state index contributed by atoms with van der Waals surface area (Å²) in [5, 5.41) is 11.4. The van der Waals surface area contributed by atoms with E-state index in [0.29, 0.717) is 0 Å². The molecule has 7 heteroatoms. The normalized spacial score (nSPS) is 14.6. The Morgan fingerprint density at radius 3 is 2.29 bits per heavy atom. The van der Waals surface area contributed by atoms with Crippen LogP contribution in [0.3, 0.4) is 0 Å². The summed E-state index contributed by atoms with van der Waals surface area (Å²) in [6.07, 6.45) is 2.14. The second-order valence-electron chi connectivity index (χ2n) is 7.40. The van der Waals surface area contributed by atoms with Gasteiger partial charge < -0.3 is 4.90 Å². The van der Waals surface area contributed by atoms with Crippen molar-refractivity contribution in [3.8, 4) is 16.4 Å². The molecular weight excluding hydrogens is 424 g/mol. The van der Waals surface area contributed by atoms with Gasteiger partial charge in [0.2, 0.25) is 5.91 Å². The van der Waals surface area contributed by atoms with Crippen molar-refractivity contribution in [1.29, 1.82) is 0 Å². The van der Waals surface area contributed by atoms with Gasteiger partial charge in [0, 0.05) is 18.8 Å². The average molecular weight is 447 g/mol. The molecule has 0 radical (unpaired) electrons. The zero-order chi connectivity index (χ0) is 21.0. The molecule has 0 spiro atoms. The molecule has 1 aliphatic rings. The molecular formula is C24H22N4OS2. The van der Waals surface area contributed by atoms with Crippen LogP contribution in [0.15, 0.2) is 83.3 Å². The Morgan fingerprint density at radius 2 is 1.61 bits per heavy atom. The Morgan fingerprint density at radius 1 is 0.903 bits per heavy atom. The van der Waals surface area contributed by atoms with Gasteiger partial charge >= 0.3 is 0 Å². The number of amides is 1. The monoisotopic (exact) mass is 446 g/mol. The van der Waals surface area contributed by atoms with Crippen LogP contribution in [0.5, 0.6) is 0 Å². The van der Waals surface area contributed by atoms with Crippen LogP contribution >= 0.6 is 23.1 Å². The maximum absolute atomic E-state index is 13.5. The molecule has 2 aromatic heterocycles. The zero-order valence-electron chi connectivity index (χ0n) is 16.9. The lowest BCUT2D eigenvalue weighted by Gasteiger charge is -2.23. The standard InChI is InChI=1S/C24H22N4OS2/c29-23(27-15-7-8-16-27)21(18-10-3-1-4-11-18)31-24-26-25-22(20-14-9-17-30-20)28(24)19-12-5-2-6-13-19/h1-6,9-14,17,21H,7-8,15-16H2/t21-/m1/s1. The van der Waals surface area contributed by atoms with Gasteiger partial charge in [-0.05, 0) is 42.0 Å². The van der Waals surface area contributed by atoms with Gasteiger partial charge in [0.1, 0.15) is 5.25 Å². The topological polar surface area (TPSA) is 51.0 Å². The Balaban J connectivity index is 1.57. The number of rotatable bonds is 6. The molecule has 5 nitrogen and oxygen atoms in total. The van der Waals surface area contributed by atoms with Crippen molar-refractivity contribution in [2.24, 2.45) is 0 Å². The minimum absolute atomic E-state index is 0.147. The van der Waals surface area contributed by atoms with Gasteiger partial charge in [-0.15, -0.1) is 21.5 Å². The van der Waals surface area contributed by atoms with Crippen molar-refractivity contribution >= 4 is 29.0 Å². The number of carbonyl (C=O) groups is 1. The number of thioether (sulfide) groups is 1. The molecule has 5 rings (SSSR count). The van der Waals surface area contributed by atoms with E-state index < -0.39 is 0 Å². The number of para-hydroxylation sites is 1. The van der Waals surface area contributed by atoms with Gasteiger partial charge in [-0.2, -0.15) is 0 Å². The summed E-state index contributed by atoms with van der Waals surface area (Å²) in [6, 6.07) is 24.2. The molecule has 0 unspecified atom stereocenters. The molecule has 1 saturated heterocycles. The third kappa shape index (κ3) is 4.16. The quantitative estimate of drug-likeness (QED) is 0.370. The zero-order valence-corrected chi connectivity index (χ0v) is 18.6. The second-order valence-corrected chi connectivity index (χ2v) is 9.42. The molecule has 0 saturated carbocycles. The summed E-state index contributed by atoms with van der Waals surface area (Å²) in [5.74, 6) is 0.943. The van der Waals surface area contributed by atoms with Gasteiger partial charge in [0.25, 0.3) is 0 Å². The predicted molar refractivity (Wildman–Crippen MR) is 126 cm³/mol. The molecule has 31 heavy (non-hydrogen) atoms. The van der Waals surface area contributed by atoms with E-state index in [9.17, 15) is 4.79 Å². The SMILES string of the molecule is O=C([C@H](Sc1nnc(-c2cccs2)n1-c1ccccc1)c1ccccc1)N1CCCC1. The minimum Gasteiger partial charge on any atom is -0.341 e. The van der Waals surface area contributed by atoms with E-state index in [1.165, 1.54) is 11.8 Å². The van der Waals surface area contributed by atoms with Crippen LogP contribution in [-0.4, -0.2) is 38.7 Å². The third-order valence-corrected chi connectivity index (χ3v) is 7.41. The van der Waals surface area contributed by atoms with E-state index in [2.05, 4.69) is 14.8 Å². The predicted octanol–water partition coefficient (Wildman–Crippen LogP) is 5.45. The molecule has 1 amide bonds. The van der Waals surface area contributed by atoms with E-state index in [4.69, 9.17) is 0 Å². The van der Waals surface area contributed by atoms with Gasteiger partial charge in [-0.1, -0.05) is 66.4 Å². The van der Waals surface area contributed by atoms with Crippen LogP contribution in [0.4, 0.5) is 0 Å². The van der Waals surface area contributed by atoms with Crippen molar-refractivity contribution in [3.63, 3.8) is 0 Å². The summed E-state index contributed by atoms with van der Waals surface area (Å²) in [7, 11) is 0.